The number of anilines is 1. The van der Waals surface area contributed by atoms with Gasteiger partial charge in [-0.15, -0.1) is 0 Å². The standard InChI is InChI=1S/C15H18N2O6/c1-21-13(18)9-5-6-10(14(19)22-2)11(8-9)16-15(20)17-12-4-3-7-23-12/h5-6,8,12H,3-4,7H2,1-2H3,(H2,16,17,20). The minimum atomic E-state index is -0.631. The number of esters is 2. The van der Waals surface area contributed by atoms with Crippen LogP contribution in [0.1, 0.15) is 33.6 Å². The third kappa shape index (κ3) is 4.19. The van der Waals surface area contributed by atoms with Gasteiger partial charge in [-0.1, -0.05) is 0 Å². The molecule has 0 saturated carbocycles. The molecule has 1 aliphatic heterocycles. The zero-order valence-corrected chi connectivity index (χ0v) is 12.9. The molecule has 0 aromatic heterocycles. The fourth-order valence-electron chi connectivity index (χ4n) is 2.18. The summed E-state index contributed by atoms with van der Waals surface area (Å²) in [6.45, 7) is 0.593. The molecule has 1 aromatic rings. The van der Waals surface area contributed by atoms with Gasteiger partial charge < -0.3 is 24.8 Å². The maximum Gasteiger partial charge on any atom is 0.339 e. The van der Waals surface area contributed by atoms with Crippen molar-refractivity contribution in [2.75, 3.05) is 26.1 Å². The summed E-state index contributed by atoms with van der Waals surface area (Å²) in [6.07, 6.45) is 1.23. The lowest BCUT2D eigenvalue weighted by molar-refractivity contribution is 0.0587. The highest BCUT2D eigenvalue weighted by atomic mass is 16.5. The van der Waals surface area contributed by atoms with Gasteiger partial charge in [0.15, 0.2) is 0 Å². The molecule has 0 bridgehead atoms. The number of rotatable bonds is 4. The van der Waals surface area contributed by atoms with E-state index in [-0.39, 0.29) is 23.0 Å². The zero-order valence-electron chi connectivity index (χ0n) is 12.9. The molecule has 23 heavy (non-hydrogen) atoms. The smallest absolute Gasteiger partial charge is 0.339 e. The predicted octanol–water partition coefficient (Wildman–Crippen LogP) is 1.52. The van der Waals surface area contributed by atoms with E-state index in [9.17, 15) is 14.4 Å². The molecular weight excluding hydrogens is 304 g/mol. The van der Waals surface area contributed by atoms with Gasteiger partial charge in [0.2, 0.25) is 0 Å². The van der Waals surface area contributed by atoms with Crippen LogP contribution in [-0.4, -0.2) is 45.0 Å². The van der Waals surface area contributed by atoms with E-state index >= 15 is 0 Å². The summed E-state index contributed by atoms with van der Waals surface area (Å²) < 4.78 is 14.6. The molecule has 1 aliphatic rings. The third-order valence-electron chi connectivity index (χ3n) is 3.32. The van der Waals surface area contributed by atoms with Gasteiger partial charge in [0, 0.05) is 6.61 Å². The van der Waals surface area contributed by atoms with Gasteiger partial charge in [-0.25, -0.2) is 14.4 Å². The lowest BCUT2D eigenvalue weighted by Gasteiger charge is -2.15. The fraction of sp³-hybridized carbons (Fsp3) is 0.400. The first-order valence-electron chi connectivity index (χ1n) is 7.05. The summed E-state index contributed by atoms with van der Waals surface area (Å²) in [5.41, 5.74) is 0.477. The molecule has 8 nitrogen and oxygen atoms in total. The van der Waals surface area contributed by atoms with E-state index in [0.29, 0.717) is 6.61 Å². The molecule has 2 amide bonds. The van der Waals surface area contributed by atoms with E-state index in [4.69, 9.17) is 4.74 Å². The van der Waals surface area contributed by atoms with Crippen LogP contribution in [0.5, 0.6) is 0 Å². The maximum absolute atomic E-state index is 12.0. The number of urea groups is 1. The first-order chi connectivity index (χ1) is 11.0. The molecule has 2 N–H and O–H groups in total. The van der Waals surface area contributed by atoms with Crippen molar-refractivity contribution >= 4 is 23.7 Å². The van der Waals surface area contributed by atoms with E-state index in [2.05, 4.69) is 20.1 Å². The van der Waals surface area contributed by atoms with Crippen molar-refractivity contribution in [3.63, 3.8) is 0 Å². The molecule has 124 valence electrons. The summed E-state index contributed by atoms with van der Waals surface area (Å²) in [5.74, 6) is -1.21. The van der Waals surface area contributed by atoms with Crippen LogP contribution in [0.15, 0.2) is 18.2 Å². The number of nitrogens with one attached hydrogen (secondary N) is 2. The number of carbonyl (C=O) groups excluding carboxylic acids is 3. The Morgan fingerprint density at radius 2 is 1.91 bits per heavy atom. The number of hydrogen-bond acceptors (Lipinski definition) is 6. The molecular formula is C15H18N2O6. The van der Waals surface area contributed by atoms with Gasteiger partial charge in [-0.05, 0) is 31.0 Å². The Kier molecular flexibility index (Phi) is 5.53. The maximum atomic E-state index is 12.0. The molecule has 1 saturated heterocycles. The SMILES string of the molecule is COC(=O)c1ccc(C(=O)OC)c(NC(=O)NC2CCCO2)c1. The van der Waals surface area contributed by atoms with Crippen LogP contribution in [0.4, 0.5) is 10.5 Å². The highest BCUT2D eigenvalue weighted by molar-refractivity contribution is 6.03. The van der Waals surface area contributed by atoms with Crippen molar-refractivity contribution in [1.29, 1.82) is 0 Å². The highest BCUT2D eigenvalue weighted by Gasteiger charge is 2.20. The largest absolute Gasteiger partial charge is 0.465 e. The second-order valence-corrected chi connectivity index (χ2v) is 4.84. The van der Waals surface area contributed by atoms with Gasteiger partial charge in [0.25, 0.3) is 0 Å². The number of ether oxygens (including phenoxy) is 3. The zero-order chi connectivity index (χ0) is 16.8. The molecule has 0 aliphatic carbocycles. The van der Waals surface area contributed by atoms with Gasteiger partial charge in [0.05, 0.1) is 31.0 Å². The Morgan fingerprint density at radius 3 is 2.52 bits per heavy atom. The van der Waals surface area contributed by atoms with Gasteiger partial charge in [-0.3, -0.25) is 0 Å². The predicted molar refractivity (Wildman–Crippen MR) is 80.2 cm³/mol. The van der Waals surface area contributed by atoms with E-state index in [1.165, 1.54) is 32.4 Å². The molecule has 2 rings (SSSR count). The number of benzene rings is 1. The second-order valence-electron chi connectivity index (χ2n) is 4.84. The van der Waals surface area contributed by atoms with E-state index in [1.54, 1.807) is 0 Å². The van der Waals surface area contributed by atoms with Crippen molar-refractivity contribution in [2.24, 2.45) is 0 Å². The average Bonchev–Trinajstić information content (AvgIpc) is 3.06. The van der Waals surface area contributed by atoms with E-state index in [1.807, 2.05) is 0 Å². The van der Waals surface area contributed by atoms with Crippen molar-refractivity contribution in [3.05, 3.63) is 29.3 Å². The Morgan fingerprint density at radius 1 is 1.17 bits per heavy atom. The van der Waals surface area contributed by atoms with Gasteiger partial charge in [0.1, 0.15) is 6.23 Å². The molecule has 1 unspecified atom stereocenters. The molecule has 8 heteroatoms. The minimum Gasteiger partial charge on any atom is -0.465 e. The number of methoxy groups -OCH3 is 2. The fourth-order valence-corrected chi connectivity index (χ4v) is 2.18. The van der Waals surface area contributed by atoms with Crippen molar-refractivity contribution in [2.45, 2.75) is 19.1 Å². The van der Waals surface area contributed by atoms with Crippen LogP contribution in [0.25, 0.3) is 0 Å². The summed E-state index contributed by atoms with van der Waals surface area (Å²) in [4.78, 5) is 35.4. The van der Waals surface area contributed by atoms with Crippen molar-refractivity contribution in [3.8, 4) is 0 Å². The van der Waals surface area contributed by atoms with E-state index in [0.717, 1.165) is 12.8 Å². The summed E-state index contributed by atoms with van der Waals surface area (Å²) in [5, 5.41) is 5.17. The van der Waals surface area contributed by atoms with Gasteiger partial charge >= 0.3 is 18.0 Å². The number of hydrogen-bond donors (Lipinski definition) is 2. The Bertz CT molecular complexity index is 610. The van der Waals surface area contributed by atoms with Crippen LogP contribution in [0.3, 0.4) is 0 Å². The average molecular weight is 322 g/mol. The van der Waals surface area contributed by atoms with Crippen LogP contribution >= 0.6 is 0 Å². The first kappa shape index (κ1) is 16.8. The lowest BCUT2D eigenvalue weighted by atomic mass is 10.1. The topological polar surface area (TPSA) is 103 Å². The minimum absolute atomic E-state index is 0.127. The third-order valence-corrected chi connectivity index (χ3v) is 3.32. The summed E-state index contributed by atoms with van der Waals surface area (Å²) in [6, 6.07) is 3.62. The first-order valence-corrected chi connectivity index (χ1v) is 7.05. The normalized spacial score (nSPS) is 16.5. The quantitative estimate of drug-likeness (QED) is 0.815. The summed E-state index contributed by atoms with van der Waals surface area (Å²) in [7, 11) is 2.47. The molecule has 1 atom stereocenters. The molecule has 0 radical (unpaired) electrons. The van der Waals surface area contributed by atoms with E-state index < -0.39 is 18.0 Å². The lowest BCUT2D eigenvalue weighted by Crippen LogP contribution is -2.37. The molecule has 1 heterocycles. The highest BCUT2D eigenvalue weighted by Crippen LogP contribution is 2.20. The van der Waals surface area contributed by atoms with Crippen LogP contribution < -0.4 is 10.6 Å². The van der Waals surface area contributed by atoms with Gasteiger partial charge in [-0.2, -0.15) is 0 Å². The van der Waals surface area contributed by atoms with Crippen LogP contribution in [0.2, 0.25) is 0 Å². The Labute approximate surface area is 133 Å². The number of carbonyl (C=O) groups is 3. The van der Waals surface area contributed by atoms with Crippen LogP contribution in [0, 0.1) is 0 Å². The van der Waals surface area contributed by atoms with Crippen molar-refractivity contribution in [1.82, 2.24) is 5.32 Å². The monoisotopic (exact) mass is 322 g/mol. The molecule has 1 aromatic carbocycles. The van der Waals surface area contributed by atoms with Crippen LogP contribution in [-0.2, 0) is 14.2 Å². The molecule has 1 fully saturated rings. The molecule has 0 spiro atoms. The van der Waals surface area contributed by atoms with Crippen molar-refractivity contribution < 1.29 is 28.6 Å². The number of amides is 2. The Hall–Kier alpha value is -2.61. The second kappa shape index (κ2) is 7.59. The Balaban J connectivity index is 2.19. The summed E-state index contributed by atoms with van der Waals surface area (Å²) >= 11 is 0.